The van der Waals surface area contributed by atoms with Gasteiger partial charge < -0.3 is 15.0 Å². The van der Waals surface area contributed by atoms with Crippen LogP contribution in [0.4, 0.5) is 0 Å². The fraction of sp³-hybridized carbons (Fsp3) is 0.368. The fourth-order valence-corrected chi connectivity index (χ4v) is 2.57. The molecule has 2 rings (SSSR count). The molecule has 24 heavy (non-hydrogen) atoms. The number of H-pyrrole nitrogens is 1. The maximum atomic E-state index is 12.0. The van der Waals surface area contributed by atoms with E-state index in [0.717, 1.165) is 16.8 Å². The van der Waals surface area contributed by atoms with Crippen molar-refractivity contribution in [1.29, 1.82) is 0 Å². The molecule has 5 heteroatoms. The number of aryl methyl sites for hydroxylation is 2. The number of carbonyl (C=O) groups excluding carboxylic acids is 1. The van der Waals surface area contributed by atoms with Crippen LogP contribution >= 0.6 is 0 Å². The highest BCUT2D eigenvalue weighted by Crippen LogP contribution is 2.25. The summed E-state index contributed by atoms with van der Waals surface area (Å²) in [5.74, 6) is 0.776. The molecule has 0 spiro atoms. The highest BCUT2D eigenvalue weighted by atomic mass is 16.5. The zero-order valence-electron chi connectivity index (χ0n) is 14.6. The normalized spacial score (nSPS) is 10.7. The van der Waals surface area contributed by atoms with Crippen LogP contribution in [0.3, 0.4) is 0 Å². The van der Waals surface area contributed by atoms with Crippen LogP contribution in [-0.4, -0.2) is 17.5 Å². The van der Waals surface area contributed by atoms with E-state index < -0.39 is 0 Å². The first kappa shape index (κ1) is 17.8. The second-order valence-corrected chi connectivity index (χ2v) is 6.20. The number of benzene rings is 1. The first-order chi connectivity index (χ1) is 11.4. The summed E-state index contributed by atoms with van der Waals surface area (Å²) in [6.45, 7) is 7.96. The zero-order chi connectivity index (χ0) is 17.7. The van der Waals surface area contributed by atoms with Crippen LogP contribution in [0.5, 0.6) is 5.75 Å². The number of aromatic nitrogens is 1. The first-order valence-electron chi connectivity index (χ1n) is 8.06. The van der Waals surface area contributed by atoms with E-state index in [1.807, 2.05) is 44.2 Å². The van der Waals surface area contributed by atoms with Crippen molar-refractivity contribution >= 4 is 5.91 Å². The zero-order valence-corrected chi connectivity index (χ0v) is 14.6. The van der Waals surface area contributed by atoms with Crippen molar-refractivity contribution < 1.29 is 9.53 Å². The summed E-state index contributed by atoms with van der Waals surface area (Å²) >= 11 is 0. The molecule has 1 aromatic carbocycles. The Balaban J connectivity index is 1.95. The van der Waals surface area contributed by atoms with Gasteiger partial charge in [0.2, 0.25) is 0 Å². The lowest BCUT2D eigenvalue weighted by Gasteiger charge is -2.14. The van der Waals surface area contributed by atoms with Crippen LogP contribution in [0.15, 0.2) is 35.1 Å². The topological polar surface area (TPSA) is 71.2 Å². The summed E-state index contributed by atoms with van der Waals surface area (Å²) in [6.07, 6.45) is 0. The molecule has 0 bridgehead atoms. The quantitative estimate of drug-likeness (QED) is 0.856. The van der Waals surface area contributed by atoms with Gasteiger partial charge in [-0.05, 0) is 43.0 Å². The van der Waals surface area contributed by atoms with Crippen molar-refractivity contribution in [3.63, 3.8) is 0 Å². The largest absolute Gasteiger partial charge is 0.483 e. The molecule has 1 aromatic heterocycles. The van der Waals surface area contributed by atoms with Crippen LogP contribution in [0.2, 0.25) is 0 Å². The van der Waals surface area contributed by atoms with Crippen molar-refractivity contribution in [2.75, 3.05) is 6.61 Å². The molecule has 1 amide bonds. The molecule has 0 saturated heterocycles. The Kier molecular flexibility index (Phi) is 5.79. The lowest BCUT2D eigenvalue weighted by Crippen LogP contribution is -2.31. The molecule has 1 heterocycles. The molecule has 128 valence electrons. The molecule has 2 aromatic rings. The summed E-state index contributed by atoms with van der Waals surface area (Å²) in [5.41, 5.74) is 3.13. The molecule has 0 radical (unpaired) electrons. The van der Waals surface area contributed by atoms with Crippen molar-refractivity contribution in [3.8, 4) is 5.75 Å². The number of hydrogen-bond donors (Lipinski definition) is 2. The van der Waals surface area contributed by atoms with E-state index in [9.17, 15) is 9.59 Å². The van der Waals surface area contributed by atoms with Gasteiger partial charge in [0.05, 0.1) is 0 Å². The number of ether oxygens (including phenoxy) is 1. The van der Waals surface area contributed by atoms with E-state index in [1.54, 1.807) is 0 Å². The number of hydrogen-bond acceptors (Lipinski definition) is 3. The Hall–Kier alpha value is -2.56. The highest BCUT2D eigenvalue weighted by Gasteiger charge is 2.10. The molecule has 5 nitrogen and oxygen atoms in total. The van der Waals surface area contributed by atoms with Crippen molar-refractivity contribution in [3.05, 3.63) is 63.1 Å². The number of amides is 1. The van der Waals surface area contributed by atoms with E-state index in [2.05, 4.69) is 24.1 Å². The van der Waals surface area contributed by atoms with Gasteiger partial charge in [0, 0.05) is 17.8 Å². The van der Waals surface area contributed by atoms with E-state index in [-0.39, 0.29) is 24.6 Å². The average molecular weight is 328 g/mol. The second kappa shape index (κ2) is 7.81. The lowest BCUT2D eigenvalue weighted by molar-refractivity contribution is -0.123. The molecule has 0 aliphatic rings. The van der Waals surface area contributed by atoms with Gasteiger partial charge in [-0.3, -0.25) is 9.59 Å². The van der Waals surface area contributed by atoms with Crippen LogP contribution in [0.1, 0.15) is 42.1 Å². The first-order valence-corrected chi connectivity index (χ1v) is 8.06. The summed E-state index contributed by atoms with van der Waals surface area (Å²) in [6, 6.07) is 9.58. The second-order valence-electron chi connectivity index (χ2n) is 6.20. The smallest absolute Gasteiger partial charge is 0.258 e. The summed E-state index contributed by atoms with van der Waals surface area (Å²) < 4.78 is 5.63. The SMILES string of the molecule is Cc1cc(C)c(CNC(=O)COc2ccccc2C(C)C)c(=O)[nH]1. The monoisotopic (exact) mass is 328 g/mol. The van der Waals surface area contributed by atoms with Gasteiger partial charge in [0.15, 0.2) is 6.61 Å². The molecular formula is C19H24N2O3. The molecule has 0 saturated carbocycles. The van der Waals surface area contributed by atoms with Crippen LogP contribution in [0.25, 0.3) is 0 Å². The maximum absolute atomic E-state index is 12.0. The third-order valence-corrected chi connectivity index (χ3v) is 3.86. The molecule has 2 N–H and O–H groups in total. The summed E-state index contributed by atoms with van der Waals surface area (Å²) in [5, 5.41) is 2.74. The van der Waals surface area contributed by atoms with Gasteiger partial charge in [-0.1, -0.05) is 32.0 Å². The summed E-state index contributed by atoms with van der Waals surface area (Å²) in [7, 11) is 0. The molecule has 0 unspecified atom stereocenters. The minimum Gasteiger partial charge on any atom is -0.483 e. The number of pyridine rings is 1. The highest BCUT2D eigenvalue weighted by molar-refractivity contribution is 5.77. The van der Waals surface area contributed by atoms with Gasteiger partial charge in [-0.25, -0.2) is 0 Å². The van der Waals surface area contributed by atoms with Crippen LogP contribution in [0, 0.1) is 13.8 Å². The van der Waals surface area contributed by atoms with Crippen molar-refractivity contribution in [2.24, 2.45) is 0 Å². The third kappa shape index (κ3) is 4.47. The van der Waals surface area contributed by atoms with E-state index in [4.69, 9.17) is 4.74 Å². The van der Waals surface area contributed by atoms with E-state index in [1.165, 1.54) is 0 Å². The minimum atomic E-state index is -0.257. The van der Waals surface area contributed by atoms with Gasteiger partial charge >= 0.3 is 0 Å². The predicted octanol–water partition coefficient (Wildman–Crippen LogP) is 2.81. The Labute approximate surface area is 142 Å². The average Bonchev–Trinajstić information content (AvgIpc) is 2.52. The van der Waals surface area contributed by atoms with Crippen molar-refractivity contribution in [1.82, 2.24) is 10.3 Å². The van der Waals surface area contributed by atoms with Crippen molar-refractivity contribution in [2.45, 2.75) is 40.2 Å². The number of nitrogens with one attached hydrogen (secondary N) is 2. The lowest BCUT2D eigenvalue weighted by atomic mass is 10.0. The maximum Gasteiger partial charge on any atom is 0.258 e. The Morgan fingerprint density at radius 3 is 2.62 bits per heavy atom. The number of aromatic amines is 1. The molecular weight excluding hydrogens is 304 g/mol. The molecule has 0 atom stereocenters. The van der Waals surface area contributed by atoms with Gasteiger partial charge in [-0.2, -0.15) is 0 Å². The number of para-hydroxylation sites is 1. The molecule has 0 aliphatic heterocycles. The van der Waals surface area contributed by atoms with E-state index in [0.29, 0.717) is 17.2 Å². The van der Waals surface area contributed by atoms with Gasteiger partial charge in [-0.15, -0.1) is 0 Å². The number of carbonyl (C=O) groups is 1. The minimum absolute atomic E-state index is 0.0768. The predicted molar refractivity (Wildman–Crippen MR) is 94.4 cm³/mol. The third-order valence-electron chi connectivity index (χ3n) is 3.86. The Bertz CT molecular complexity index is 778. The number of rotatable bonds is 6. The van der Waals surface area contributed by atoms with Crippen LogP contribution < -0.4 is 15.6 Å². The fourth-order valence-electron chi connectivity index (χ4n) is 2.57. The Morgan fingerprint density at radius 1 is 1.25 bits per heavy atom. The van der Waals surface area contributed by atoms with Gasteiger partial charge in [0.1, 0.15) is 5.75 Å². The molecule has 0 fully saturated rings. The standard InChI is InChI=1S/C19H24N2O3/c1-12(2)15-7-5-6-8-17(15)24-11-18(22)20-10-16-13(3)9-14(4)21-19(16)23/h5-9,12H,10-11H2,1-4H3,(H,20,22)(H,21,23). The molecule has 0 aliphatic carbocycles. The Morgan fingerprint density at radius 2 is 1.96 bits per heavy atom. The van der Waals surface area contributed by atoms with Crippen LogP contribution in [-0.2, 0) is 11.3 Å². The van der Waals surface area contributed by atoms with E-state index >= 15 is 0 Å². The van der Waals surface area contributed by atoms with Gasteiger partial charge in [0.25, 0.3) is 11.5 Å². The summed E-state index contributed by atoms with van der Waals surface area (Å²) in [4.78, 5) is 26.7.